The summed E-state index contributed by atoms with van der Waals surface area (Å²) < 4.78 is 5.44. The first-order valence-corrected chi connectivity index (χ1v) is 7.95. The van der Waals surface area contributed by atoms with E-state index in [0.717, 1.165) is 44.8 Å². The van der Waals surface area contributed by atoms with Crippen LogP contribution in [-0.4, -0.2) is 59.7 Å². The third-order valence-electron chi connectivity index (χ3n) is 4.47. The maximum Gasteiger partial charge on any atom is 0.234 e. The first-order chi connectivity index (χ1) is 10.3. The van der Waals surface area contributed by atoms with E-state index in [0.29, 0.717) is 24.6 Å². The van der Waals surface area contributed by atoms with Gasteiger partial charge in [0.2, 0.25) is 5.88 Å². The van der Waals surface area contributed by atoms with Gasteiger partial charge < -0.3 is 15.4 Å². The summed E-state index contributed by atoms with van der Waals surface area (Å²) in [4.78, 5) is 13.7. The minimum Gasteiger partial charge on any atom is -0.477 e. The van der Waals surface area contributed by atoms with Crippen LogP contribution in [0.2, 0.25) is 0 Å². The van der Waals surface area contributed by atoms with E-state index in [4.69, 9.17) is 10.5 Å². The molecule has 1 atom stereocenters. The molecule has 0 aromatic carbocycles. The average Bonchev–Trinajstić information content (AvgIpc) is 2.98. The molecule has 116 valence electrons. The van der Waals surface area contributed by atoms with Gasteiger partial charge in [-0.05, 0) is 39.3 Å². The largest absolute Gasteiger partial charge is 0.477 e. The molecule has 0 saturated carbocycles. The number of nitrogens with two attached hydrogens (primary N) is 1. The lowest BCUT2D eigenvalue weighted by Crippen LogP contribution is -2.46. The highest BCUT2D eigenvalue weighted by Gasteiger charge is 2.30. The Bertz CT molecular complexity index is 461. The summed E-state index contributed by atoms with van der Waals surface area (Å²) in [5.41, 5.74) is 5.99. The van der Waals surface area contributed by atoms with Crippen LogP contribution in [-0.2, 0) is 0 Å². The van der Waals surface area contributed by atoms with Crippen molar-refractivity contribution >= 4 is 5.82 Å². The third kappa shape index (κ3) is 3.44. The van der Waals surface area contributed by atoms with E-state index in [1.54, 1.807) is 6.20 Å². The molecule has 3 heterocycles. The molecule has 3 rings (SSSR count). The molecule has 21 heavy (non-hydrogen) atoms. The van der Waals surface area contributed by atoms with Crippen molar-refractivity contribution in [2.45, 2.75) is 38.3 Å². The summed E-state index contributed by atoms with van der Waals surface area (Å²) in [5.74, 6) is 1.54. The van der Waals surface area contributed by atoms with Crippen molar-refractivity contribution in [1.29, 1.82) is 0 Å². The lowest BCUT2D eigenvalue weighted by Gasteiger charge is -2.34. The summed E-state index contributed by atoms with van der Waals surface area (Å²) >= 11 is 0. The Morgan fingerprint density at radius 3 is 2.81 bits per heavy atom. The molecular formula is C15H25N5O. The van der Waals surface area contributed by atoms with E-state index in [1.165, 1.54) is 6.42 Å². The molecule has 2 N–H and O–H groups in total. The van der Waals surface area contributed by atoms with Crippen LogP contribution in [0.4, 0.5) is 5.82 Å². The van der Waals surface area contributed by atoms with Gasteiger partial charge in [-0.15, -0.1) is 0 Å². The Morgan fingerprint density at radius 2 is 2.05 bits per heavy atom. The summed E-state index contributed by atoms with van der Waals surface area (Å²) in [6.07, 6.45) is 6.94. The number of likely N-dealkylation sites (tertiary alicyclic amines) is 1. The fraction of sp³-hybridized carbons (Fsp3) is 0.733. The number of nitrogens with zero attached hydrogens (tertiary/aromatic N) is 4. The quantitative estimate of drug-likeness (QED) is 0.888. The molecule has 2 fully saturated rings. The van der Waals surface area contributed by atoms with Gasteiger partial charge in [0.1, 0.15) is 0 Å². The fourth-order valence-electron chi connectivity index (χ4n) is 3.24. The molecule has 2 aliphatic rings. The van der Waals surface area contributed by atoms with Crippen LogP contribution in [0, 0.1) is 0 Å². The van der Waals surface area contributed by atoms with E-state index in [9.17, 15) is 0 Å². The van der Waals surface area contributed by atoms with Crippen LogP contribution in [0.25, 0.3) is 0 Å². The zero-order valence-electron chi connectivity index (χ0n) is 12.7. The highest BCUT2D eigenvalue weighted by Crippen LogP contribution is 2.24. The van der Waals surface area contributed by atoms with Gasteiger partial charge >= 0.3 is 0 Å². The van der Waals surface area contributed by atoms with E-state index >= 15 is 0 Å². The maximum absolute atomic E-state index is 5.99. The minimum absolute atomic E-state index is 0.396. The lowest BCUT2D eigenvalue weighted by atomic mass is 10.0. The van der Waals surface area contributed by atoms with E-state index < -0.39 is 0 Å². The number of hydrogen-bond donors (Lipinski definition) is 1. The van der Waals surface area contributed by atoms with E-state index in [2.05, 4.69) is 19.8 Å². The van der Waals surface area contributed by atoms with E-state index in [-0.39, 0.29) is 0 Å². The standard InChI is InChI=1S/C15H25N5O/c1-2-21-15-10-17-9-14(18-15)20-8-5-13(11-20)19-6-3-12(16)4-7-19/h9-10,12-13H,2-8,11,16H2,1H3. The molecule has 6 nitrogen and oxygen atoms in total. The molecule has 0 spiro atoms. The normalized spacial score (nSPS) is 24.5. The van der Waals surface area contributed by atoms with Gasteiger partial charge in [0.25, 0.3) is 0 Å². The van der Waals surface area contributed by atoms with Crippen molar-refractivity contribution in [2.75, 3.05) is 37.7 Å². The Labute approximate surface area is 126 Å². The van der Waals surface area contributed by atoms with Crippen LogP contribution < -0.4 is 15.4 Å². The zero-order valence-corrected chi connectivity index (χ0v) is 12.7. The molecule has 0 bridgehead atoms. The van der Waals surface area contributed by atoms with Crippen LogP contribution in [0.15, 0.2) is 12.4 Å². The van der Waals surface area contributed by atoms with Crippen molar-refractivity contribution in [1.82, 2.24) is 14.9 Å². The van der Waals surface area contributed by atoms with Gasteiger partial charge in [-0.3, -0.25) is 9.88 Å². The maximum atomic E-state index is 5.99. The molecule has 1 aromatic heterocycles. The molecule has 1 aromatic rings. The zero-order chi connectivity index (χ0) is 14.7. The first-order valence-electron chi connectivity index (χ1n) is 7.95. The van der Waals surface area contributed by atoms with Gasteiger partial charge in [-0.1, -0.05) is 0 Å². The molecule has 1 unspecified atom stereocenters. The average molecular weight is 291 g/mol. The van der Waals surface area contributed by atoms with Crippen molar-refractivity contribution < 1.29 is 4.74 Å². The number of aromatic nitrogens is 2. The van der Waals surface area contributed by atoms with Gasteiger partial charge in [-0.25, -0.2) is 0 Å². The number of anilines is 1. The number of ether oxygens (including phenoxy) is 1. The van der Waals surface area contributed by atoms with Crippen LogP contribution in [0.1, 0.15) is 26.2 Å². The Hall–Kier alpha value is -1.40. The molecule has 2 saturated heterocycles. The molecule has 0 aliphatic carbocycles. The topological polar surface area (TPSA) is 67.5 Å². The lowest BCUT2D eigenvalue weighted by molar-refractivity contribution is 0.163. The summed E-state index contributed by atoms with van der Waals surface area (Å²) in [5, 5.41) is 0. The Balaban J connectivity index is 1.60. The Kier molecular flexibility index (Phi) is 4.55. The van der Waals surface area contributed by atoms with Gasteiger partial charge in [-0.2, -0.15) is 4.98 Å². The van der Waals surface area contributed by atoms with Crippen LogP contribution in [0.5, 0.6) is 5.88 Å². The fourth-order valence-corrected chi connectivity index (χ4v) is 3.24. The van der Waals surface area contributed by atoms with Gasteiger partial charge in [0, 0.05) is 25.2 Å². The predicted octanol–water partition coefficient (Wildman–Crippen LogP) is 0.877. The molecular weight excluding hydrogens is 266 g/mol. The second-order valence-electron chi connectivity index (χ2n) is 5.91. The van der Waals surface area contributed by atoms with Crippen LogP contribution >= 0.6 is 0 Å². The van der Waals surface area contributed by atoms with Gasteiger partial charge in [0.15, 0.2) is 5.82 Å². The SMILES string of the molecule is CCOc1cncc(N2CCC(N3CCC(N)CC3)C2)n1. The summed E-state index contributed by atoms with van der Waals surface area (Å²) in [6.45, 7) is 6.90. The van der Waals surface area contributed by atoms with Crippen molar-refractivity contribution in [3.63, 3.8) is 0 Å². The molecule has 0 radical (unpaired) electrons. The van der Waals surface area contributed by atoms with Gasteiger partial charge in [0.05, 0.1) is 19.0 Å². The number of hydrogen-bond acceptors (Lipinski definition) is 6. The van der Waals surface area contributed by atoms with Crippen molar-refractivity contribution in [2.24, 2.45) is 5.73 Å². The second kappa shape index (κ2) is 6.58. The minimum atomic E-state index is 0.396. The third-order valence-corrected chi connectivity index (χ3v) is 4.47. The smallest absolute Gasteiger partial charge is 0.234 e. The molecule has 2 aliphatic heterocycles. The first kappa shape index (κ1) is 14.5. The van der Waals surface area contributed by atoms with Crippen LogP contribution in [0.3, 0.4) is 0 Å². The monoisotopic (exact) mass is 291 g/mol. The van der Waals surface area contributed by atoms with E-state index in [1.807, 2.05) is 13.1 Å². The molecule has 0 amide bonds. The summed E-state index contributed by atoms with van der Waals surface area (Å²) in [7, 11) is 0. The highest BCUT2D eigenvalue weighted by atomic mass is 16.5. The molecule has 6 heteroatoms. The summed E-state index contributed by atoms with van der Waals surface area (Å²) in [6, 6.07) is 1.02. The van der Waals surface area contributed by atoms with Crippen molar-refractivity contribution in [3.05, 3.63) is 12.4 Å². The number of piperidine rings is 1. The van der Waals surface area contributed by atoms with Crippen molar-refractivity contribution in [3.8, 4) is 5.88 Å². The Morgan fingerprint density at radius 1 is 1.24 bits per heavy atom. The second-order valence-corrected chi connectivity index (χ2v) is 5.91. The number of rotatable bonds is 4. The highest BCUT2D eigenvalue weighted by molar-refractivity contribution is 5.39. The predicted molar refractivity (Wildman–Crippen MR) is 82.6 cm³/mol.